The lowest BCUT2D eigenvalue weighted by atomic mass is 10.3. The normalized spacial score (nSPS) is 12.0. The fraction of sp³-hybridized carbons (Fsp3) is 0.105. The molecule has 9 nitrogen and oxygen atoms in total. The number of fused-ring (bicyclic) bond motifs is 1. The molecule has 2 aromatic heterocycles. The summed E-state index contributed by atoms with van der Waals surface area (Å²) in [6.45, 7) is 0. The lowest BCUT2D eigenvalue weighted by Crippen LogP contribution is -2.18. The van der Waals surface area contributed by atoms with Crippen molar-refractivity contribution < 1.29 is 26.3 Å². The first-order valence-electron chi connectivity index (χ1n) is 9.01. The average molecular weight is 464 g/mol. The number of sulfonamides is 1. The molecule has 0 spiro atoms. The summed E-state index contributed by atoms with van der Waals surface area (Å²) in [5, 5.41) is 6.52. The molecule has 0 unspecified atom stereocenters. The molecule has 2 N–H and O–H groups in total. The molecule has 0 amide bonds. The van der Waals surface area contributed by atoms with E-state index in [0.717, 1.165) is 12.3 Å². The Morgan fingerprint density at radius 2 is 1.59 bits per heavy atom. The van der Waals surface area contributed by atoms with E-state index in [2.05, 4.69) is 29.8 Å². The molecule has 0 aliphatic heterocycles. The molecule has 0 saturated carbocycles. The first-order chi connectivity index (χ1) is 15.1. The van der Waals surface area contributed by atoms with Crippen LogP contribution in [-0.4, -0.2) is 34.5 Å². The molecule has 0 saturated heterocycles. The Bertz CT molecular complexity index is 1390. The van der Waals surface area contributed by atoms with E-state index in [1.165, 1.54) is 29.1 Å². The third-order valence-electron chi connectivity index (χ3n) is 4.16. The maximum Gasteiger partial charge on any atom is 0.573 e. The fourth-order valence-electron chi connectivity index (χ4n) is 2.79. The topological polar surface area (TPSA) is 111 Å². The second-order valence-corrected chi connectivity index (χ2v) is 8.22. The highest BCUT2D eigenvalue weighted by atomic mass is 32.2. The van der Waals surface area contributed by atoms with Crippen LogP contribution < -0.4 is 14.8 Å². The fourth-order valence-corrected chi connectivity index (χ4v) is 3.79. The Balaban J connectivity index is 1.78. The molecule has 32 heavy (non-hydrogen) atoms. The number of halogens is 3. The van der Waals surface area contributed by atoms with Crippen LogP contribution in [0.2, 0.25) is 0 Å². The van der Waals surface area contributed by atoms with Crippen molar-refractivity contribution in [3.63, 3.8) is 0 Å². The largest absolute Gasteiger partial charge is 0.573 e. The zero-order chi connectivity index (χ0) is 22.9. The van der Waals surface area contributed by atoms with Crippen LogP contribution in [0.4, 0.5) is 30.5 Å². The predicted octanol–water partition coefficient (Wildman–Crippen LogP) is 3.81. The van der Waals surface area contributed by atoms with E-state index in [0.29, 0.717) is 11.0 Å². The number of hydrogen-bond acceptors (Lipinski definition) is 7. The third-order valence-corrected chi connectivity index (χ3v) is 5.45. The Morgan fingerprint density at radius 1 is 0.969 bits per heavy atom. The van der Waals surface area contributed by atoms with Crippen LogP contribution in [0.25, 0.3) is 11.0 Å². The van der Waals surface area contributed by atoms with Crippen LogP contribution in [0.15, 0.2) is 65.8 Å². The molecular formula is C19H15F3N6O3S. The van der Waals surface area contributed by atoms with Gasteiger partial charge in [-0.1, -0.05) is 24.3 Å². The van der Waals surface area contributed by atoms with Gasteiger partial charge in [-0.15, -0.1) is 13.2 Å². The summed E-state index contributed by atoms with van der Waals surface area (Å²) in [7, 11) is -2.55. The monoisotopic (exact) mass is 464 g/mol. The van der Waals surface area contributed by atoms with Gasteiger partial charge in [-0.2, -0.15) is 5.10 Å². The molecule has 0 radical (unpaired) electrons. The number of para-hydroxylation sites is 4. The Hall–Kier alpha value is -3.87. The molecule has 0 fully saturated rings. The van der Waals surface area contributed by atoms with E-state index >= 15 is 0 Å². The van der Waals surface area contributed by atoms with Gasteiger partial charge in [-0.25, -0.2) is 18.4 Å². The van der Waals surface area contributed by atoms with Gasteiger partial charge in [0.1, 0.15) is 4.90 Å². The van der Waals surface area contributed by atoms with Crippen molar-refractivity contribution >= 4 is 38.4 Å². The highest BCUT2D eigenvalue weighted by Crippen LogP contribution is 2.34. The van der Waals surface area contributed by atoms with Gasteiger partial charge >= 0.3 is 6.36 Å². The number of nitrogens with one attached hydrogen (secondary N) is 2. The Labute approximate surface area is 179 Å². The van der Waals surface area contributed by atoms with E-state index in [4.69, 9.17) is 0 Å². The van der Waals surface area contributed by atoms with Gasteiger partial charge in [0.2, 0.25) is 0 Å². The van der Waals surface area contributed by atoms with Gasteiger partial charge < -0.3 is 10.1 Å². The zero-order valence-electron chi connectivity index (χ0n) is 16.3. The summed E-state index contributed by atoms with van der Waals surface area (Å²) in [4.78, 5) is 8.50. The maximum absolute atomic E-state index is 12.8. The molecule has 0 bridgehead atoms. The molecule has 166 valence electrons. The number of ether oxygens (including phenoxy) is 1. The van der Waals surface area contributed by atoms with Crippen molar-refractivity contribution in [3.8, 4) is 5.75 Å². The zero-order valence-corrected chi connectivity index (χ0v) is 17.1. The molecule has 2 heterocycles. The number of alkyl halides is 3. The standard InChI is InChI=1S/C19H15F3N6O3S/c1-28-11-12(10-23-28)32(29,30)27-18-17(24-13-6-2-3-7-14(13)25-18)26-15-8-4-5-9-16(15)31-19(20,21)22/h2-11H,1H3,(H,24,26)(H,25,27). The van der Waals surface area contributed by atoms with Gasteiger partial charge in [-0.05, 0) is 24.3 Å². The summed E-state index contributed by atoms with van der Waals surface area (Å²) in [6.07, 6.45) is -2.48. The number of benzene rings is 2. The summed E-state index contributed by atoms with van der Waals surface area (Å²) in [5.74, 6) is -0.847. The second kappa shape index (κ2) is 8.00. The minimum Gasteiger partial charge on any atom is -0.404 e. The van der Waals surface area contributed by atoms with Crippen LogP contribution in [0, 0.1) is 0 Å². The van der Waals surface area contributed by atoms with Gasteiger partial charge in [0.05, 0.1) is 22.9 Å². The van der Waals surface area contributed by atoms with E-state index in [1.54, 1.807) is 31.3 Å². The van der Waals surface area contributed by atoms with Crippen LogP contribution in [0.5, 0.6) is 5.75 Å². The van der Waals surface area contributed by atoms with Gasteiger partial charge in [0, 0.05) is 13.2 Å². The molecule has 2 aromatic carbocycles. The highest BCUT2D eigenvalue weighted by molar-refractivity contribution is 7.92. The van der Waals surface area contributed by atoms with Crippen molar-refractivity contribution in [2.75, 3.05) is 10.0 Å². The minimum absolute atomic E-state index is 0.0868. The summed E-state index contributed by atoms with van der Waals surface area (Å²) >= 11 is 0. The minimum atomic E-state index is -4.92. The maximum atomic E-state index is 12.8. The van der Waals surface area contributed by atoms with Crippen LogP contribution in [-0.2, 0) is 17.1 Å². The van der Waals surface area contributed by atoms with Gasteiger partial charge in [0.15, 0.2) is 17.4 Å². The van der Waals surface area contributed by atoms with Crippen molar-refractivity contribution in [1.29, 1.82) is 0 Å². The van der Waals surface area contributed by atoms with E-state index in [1.807, 2.05) is 0 Å². The van der Waals surface area contributed by atoms with Crippen LogP contribution in [0.1, 0.15) is 0 Å². The lowest BCUT2D eigenvalue weighted by Gasteiger charge is -2.16. The number of anilines is 3. The SMILES string of the molecule is Cn1cc(S(=O)(=O)Nc2nc3ccccc3nc2Nc2ccccc2OC(F)(F)F)cn1. The summed E-state index contributed by atoms with van der Waals surface area (Å²) in [5.41, 5.74) is 0.687. The number of nitrogens with zero attached hydrogens (tertiary/aromatic N) is 4. The van der Waals surface area contributed by atoms with Crippen molar-refractivity contribution in [2.24, 2.45) is 7.05 Å². The lowest BCUT2D eigenvalue weighted by molar-refractivity contribution is -0.274. The van der Waals surface area contributed by atoms with Gasteiger partial charge in [0.25, 0.3) is 10.0 Å². The van der Waals surface area contributed by atoms with Crippen LogP contribution >= 0.6 is 0 Å². The van der Waals surface area contributed by atoms with Crippen molar-refractivity contribution in [3.05, 3.63) is 60.9 Å². The molecule has 4 rings (SSSR count). The van der Waals surface area contributed by atoms with E-state index in [-0.39, 0.29) is 22.2 Å². The smallest absolute Gasteiger partial charge is 0.404 e. The summed E-state index contributed by atoms with van der Waals surface area (Å²) in [6, 6.07) is 11.9. The molecule has 0 aliphatic carbocycles. The van der Waals surface area contributed by atoms with Gasteiger partial charge in [-0.3, -0.25) is 9.40 Å². The van der Waals surface area contributed by atoms with E-state index < -0.39 is 22.1 Å². The molecular weight excluding hydrogens is 449 g/mol. The molecule has 0 aliphatic rings. The first-order valence-corrected chi connectivity index (χ1v) is 10.5. The predicted molar refractivity (Wildman–Crippen MR) is 110 cm³/mol. The number of hydrogen-bond donors (Lipinski definition) is 2. The Morgan fingerprint density at radius 3 is 2.22 bits per heavy atom. The summed E-state index contributed by atoms with van der Waals surface area (Å²) < 4.78 is 71.6. The number of rotatable bonds is 6. The molecule has 0 atom stereocenters. The third kappa shape index (κ3) is 4.72. The number of aryl methyl sites for hydroxylation is 1. The van der Waals surface area contributed by atoms with Crippen LogP contribution in [0.3, 0.4) is 0 Å². The van der Waals surface area contributed by atoms with Crippen molar-refractivity contribution in [1.82, 2.24) is 19.7 Å². The van der Waals surface area contributed by atoms with E-state index in [9.17, 15) is 21.6 Å². The highest BCUT2D eigenvalue weighted by Gasteiger charge is 2.32. The molecule has 4 aromatic rings. The Kier molecular flexibility index (Phi) is 5.34. The quantitative estimate of drug-likeness (QED) is 0.446. The average Bonchev–Trinajstić information content (AvgIpc) is 3.16. The molecule has 13 heteroatoms. The van der Waals surface area contributed by atoms with Crippen molar-refractivity contribution in [2.45, 2.75) is 11.3 Å². The number of aromatic nitrogens is 4. The first kappa shape index (κ1) is 21.4. The second-order valence-electron chi connectivity index (χ2n) is 6.53.